The number of aryl methyl sites for hydroxylation is 3. The van der Waals surface area contributed by atoms with E-state index in [9.17, 15) is 0 Å². The Labute approximate surface area is 103 Å². The van der Waals surface area contributed by atoms with Gasteiger partial charge in [-0.2, -0.15) is 0 Å². The van der Waals surface area contributed by atoms with Gasteiger partial charge in [0.05, 0.1) is 0 Å². The van der Waals surface area contributed by atoms with Gasteiger partial charge in [0.25, 0.3) is 0 Å². The third-order valence-corrected chi connectivity index (χ3v) is 2.90. The molecule has 0 aliphatic rings. The molecule has 88 valence electrons. The fourth-order valence-electron chi connectivity index (χ4n) is 2.06. The Hall–Kier alpha value is -1.83. The SMILES string of the molecule is Cc1cc(C)nc(N(C)c2ccccc2C)c1. The van der Waals surface area contributed by atoms with Crippen LogP contribution >= 0.6 is 0 Å². The van der Waals surface area contributed by atoms with E-state index in [1.54, 1.807) is 0 Å². The fraction of sp³-hybridized carbons (Fsp3) is 0.267. The van der Waals surface area contributed by atoms with Gasteiger partial charge in [-0.05, 0) is 50.1 Å². The van der Waals surface area contributed by atoms with Crippen LogP contribution in [0.25, 0.3) is 0 Å². The number of nitrogens with zero attached hydrogens (tertiary/aromatic N) is 2. The monoisotopic (exact) mass is 226 g/mol. The number of anilines is 2. The van der Waals surface area contributed by atoms with Crippen LogP contribution in [-0.4, -0.2) is 12.0 Å². The van der Waals surface area contributed by atoms with Crippen molar-refractivity contribution in [3.05, 3.63) is 53.2 Å². The van der Waals surface area contributed by atoms with Gasteiger partial charge < -0.3 is 4.90 Å². The van der Waals surface area contributed by atoms with Gasteiger partial charge in [-0.3, -0.25) is 0 Å². The molecule has 0 atom stereocenters. The molecule has 0 N–H and O–H groups in total. The topological polar surface area (TPSA) is 16.1 Å². The van der Waals surface area contributed by atoms with Crippen LogP contribution < -0.4 is 4.90 Å². The zero-order valence-corrected chi connectivity index (χ0v) is 10.9. The van der Waals surface area contributed by atoms with Gasteiger partial charge in [-0.15, -0.1) is 0 Å². The molecule has 0 bridgehead atoms. The molecule has 0 saturated carbocycles. The van der Waals surface area contributed by atoms with Crippen LogP contribution in [0.1, 0.15) is 16.8 Å². The Kier molecular flexibility index (Phi) is 3.14. The summed E-state index contributed by atoms with van der Waals surface area (Å²) < 4.78 is 0. The van der Waals surface area contributed by atoms with E-state index in [4.69, 9.17) is 0 Å². The van der Waals surface area contributed by atoms with Crippen molar-refractivity contribution < 1.29 is 0 Å². The highest BCUT2D eigenvalue weighted by molar-refractivity contribution is 5.63. The molecule has 0 unspecified atom stereocenters. The molecule has 0 radical (unpaired) electrons. The van der Waals surface area contributed by atoms with Crippen LogP contribution in [0.4, 0.5) is 11.5 Å². The molecule has 0 fully saturated rings. The quantitative estimate of drug-likeness (QED) is 0.774. The minimum atomic E-state index is 0.997. The molecule has 2 rings (SSSR count). The van der Waals surface area contributed by atoms with Gasteiger partial charge in [0, 0.05) is 18.4 Å². The van der Waals surface area contributed by atoms with Gasteiger partial charge in [0.2, 0.25) is 0 Å². The van der Waals surface area contributed by atoms with Crippen LogP contribution in [0.15, 0.2) is 36.4 Å². The summed E-state index contributed by atoms with van der Waals surface area (Å²) in [6.07, 6.45) is 0. The van der Waals surface area contributed by atoms with E-state index < -0.39 is 0 Å². The van der Waals surface area contributed by atoms with E-state index in [1.165, 1.54) is 16.8 Å². The molecule has 1 aromatic heterocycles. The first kappa shape index (κ1) is 11.6. The lowest BCUT2D eigenvalue weighted by Gasteiger charge is -2.21. The molecule has 1 heterocycles. The largest absolute Gasteiger partial charge is 0.329 e. The number of rotatable bonds is 2. The average molecular weight is 226 g/mol. The van der Waals surface area contributed by atoms with Gasteiger partial charge in [-0.25, -0.2) is 4.98 Å². The van der Waals surface area contributed by atoms with Crippen molar-refractivity contribution >= 4 is 11.5 Å². The van der Waals surface area contributed by atoms with Crippen LogP contribution in [0.3, 0.4) is 0 Å². The molecular weight excluding hydrogens is 208 g/mol. The normalized spacial score (nSPS) is 10.4. The summed E-state index contributed by atoms with van der Waals surface area (Å²) in [4.78, 5) is 6.71. The van der Waals surface area contributed by atoms with E-state index in [2.05, 4.69) is 67.2 Å². The Morgan fingerprint density at radius 3 is 2.35 bits per heavy atom. The third kappa shape index (κ3) is 2.47. The van der Waals surface area contributed by atoms with Crippen LogP contribution in [0, 0.1) is 20.8 Å². The minimum absolute atomic E-state index is 0.997. The molecule has 17 heavy (non-hydrogen) atoms. The van der Waals surface area contributed by atoms with Crippen LogP contribution in [-0.2, 0) is 0 Å². The van der Waals surface area contributed by atoms with Gasteiger partial charge >= 0.3 is 0 Å². The summed E-state index contributed by atoms with van der Waals surface area (Å²) in [6, 6.07) is 12.6. The Morgan fingerprint density at radius 1 is 1.00 bits per heavy atom. The Bertz CT molecular complexity index is 512. The van der Waals surface area contributed by atoms with E-state index in [-0.39, 0.29) is 0 Å². The standard InChI is InChI=1S/C15H18N2/c1-11-9-13(3)16-15(10-11)17(4)14-8-6-5-7-12(14)2/h5-10H,1-4H3. The molecule has 2 aromatic rings. The summed E-state index contributed by atoms with van der Waals surface area (Å²) in [5.41, 5.74) is 4.76. The first-order valence-corrected chi connectivity index (χ1v) is 5.82. The van der Waals surface area contributed by atoms with Gasteiger partial charge in [-0.1, -0.05) is 18.2 Å². The van der Waals surface area contributed by atoms with Gasteiger partial charge in [0.1, 0.15) is 5.82 Å². The number of pyridine rings is 1. The third-order valence-electron chi connectivity index (χ3n) is 2.90. The maximum Gasteiger partial charge on any atom is 0.133 e. The molecule has 2 nitrogen and oxygen atoms in total. The number of benzene rings is 1. The lowest BCUT2D eigenvalue weighted by molar-refractivity contribution is 1.07. The molecule has 0 spiro atoms. The molecule has 0 aliphatic heterocycles. The lowest BCUT2D eigenvalue weighted by Crippen LogP contribution is -2.13. The van der Waals surface area contributed by atoms with Crippen molar-refractivity contribution in [1.29, 1.82) is 0 Å². The van der Waals surface area contributed by atoms with Gasteiger partial charge in [0.15, 0.2) is 0 Å². The van der Waals surface area contributed by atoms with E-state index in [0.29, 0.717) is 0 Å². The second-order valence-corrected chi connectivity index (χ2v) is 4.49. The smallest absolute Gasteiger partial charge is 0.133 e. The molecule has 0 saturated heterocycles. The fourth-order valence-corrected chi connectivity index (χ4v) is 2.06. The van der Waals surface area contributed by atoms with Crippen LogP contribution in [0.5, 0.6) is 0 Å². The summed E-state index contributed by atoms with van der Waals surface area (Å²) in [5.74, 6) is 0.997. The first-order valence-electron chi connectivity index (χ1n) is 5.82. The molecular formula is C15H18N2. The maximum absolute atomic E-state index is 4.58. The van der Waals surface area contributed by atoms with Crippen molar-refractivity contribution in [3.63, 3.8) is 0 Å². The zero-order valence-electron chi connectivity index (χ0n) is 10.9. The summed E-state index contributed by atoms with van der Waals surface area (Å²) in [5, 5.41) is 0. The van der Waals surface area contributed by atoms with E-state index in [0.717, 1.165) is 11.5 Å². The Morgan fingerprint density at radius 2 is 1.71 bits per heavy atom. The van der Waals surface area contributed by atoms with Crippen molar-refractivity contribution in [2.75, 3.05) is 11.9 Å². The predicted octanol–water partition coefficient (Wildman–Crippen LogP) is 3.77. The molecule has 2 heteroatoms. The first-order chi connectivity index (χ1) is 8.08. The highest BCUT2D eigenvalue weighted by atomic mass is 15.2. The number of hydrogen-bond acceptors (Lipinski definition) is 2. The second kappa shape index (κ2) is 4.58. The number of aromatic nitrogens is 1. The van der Waals surface area contributed by atoms with E-state index in [1.807, 2.05) is 6.92 Å². The lowest BCUT2D eigenvalue weighted by atomic mass is 10.2. The minimum Gasteiger partial charge on any atom is -0.329 e. The van der Waals surface area contributed by atoms with Crippen molar-refractivity contribution in [1.82, 2.24) is 4.98 Å². The summed E-state index contributed by atoms with van der Waals surface area (Å²) in [7, 11) is 2.06. The molecule has 0 amide bonds. The summed E-state index contributed by atoms with van der Waals surface area (Å²) in [6.45, 7) is 6.25. The highest BCUT2D eigenvalue weighted by Crippen LogP contribution is 2.25. The predicted molar refractivity (Wildman–Crippen MR) is 73.0 cm³/mol. The zero-order chi connectivity index (χ0) is 12.4. The molecule has 0 aliphatic carbocycles. The highest BCUT2D eigenvalue weighted by Gasteiger charge is 2.08. The summed E-state index contributed by atoms with van der Waals surface area (Å²) >= 11 is 0. The van der Waals surface area contributed by atoms with Crippen molar-refractivity contribution in [3.8, 4) is 0 Å². The second-order valence-electron chi connectivity index (χ2n) is 4.49. The van der Waals surface area contributed by atoms with Crippen molar-refractivity contribution in [2.45, 2.75) is 20.8 Å². The van der Waals surface area contributed by atoms with Crippen LogP contribution in [0.2, 0.25) is 0 Å². The number of hydrogen-bond donors (Lipinski definition) is 0. The molecule has 1 aromatic carbocycles. The number of para-hydroxylation sites is 1. The maximum atomic E-state index is 4.58. The average Bonchev–Trinajstić information content (AvgIpc) is 2.27. The van der Waals surface area contributed by atoms with Crippen molar-refractivity contribution in [2.24, 2.45) is 0 Å². The Balaban J connectivity index is 2.43. The van der Waals surface area contributed by atoms with E-state index >= 15 is 0 Å².